The van der Waals surface area contributed by atoms with Crippen molar-refractivity contribution in [1.29, 1.82) is 0 Å². The van der Waals surface area contributed by atoms with Crippen LogP contribution in [0.4, 0.5) is 0 Å². The molecule has 3 nitrogen and oxygen atoms in total. The van der Waals surface area contributed by atoms with Crippen molar-refractivity contribution in [1.82, 2.24) is 4.98 Å². The summed E-state index contributed by atoms with van der Waals surface area (Å²) in [5.74, 6) is 0.719. The van der Waals surface area contributed by atoms with Crippen molar-refractivity contribution in [2.75, 3.05) is 6.26 Å². The number of thiazole rings is 1. The molecule has 2 rings (SSSR count). The van der Waals surface area contributed by atoms with E-state index in [-0.39, 0.29) is 0 Å². The Balaban J connectivity index is 2.67. The molecule has 1 aromatic carbocycles. The van der Waals surface area contributed by atoms with Crippen molar-refractivity contribution in [2.45, 2.75) is 44.4 Å². The highest BCUT2D eigenvalue weighted by molar-refractivity contribution is 7.90. The lowest BCUT2D eigenvalue weighted by atomic mass is 10.0. The zero-order valence-corrected chi connectivity index (χ0v) is 14.7. The summed E-state index contributed by atoms with van der Waals surface area (Å²) in [5.41, 5.74) is 1.78. The fourth-order valence-corrected chi connectivity index (χ4v) is 4.47. The molecule has 0 aliphatic rings. The van der Waals surface area contributed by atoms with Crippen LogP contribution in [0.2, 0.25) is 0 Å². The highest BCUT2D eigenvalue weighted by atomic mass is 32.2. The summed E-state index contributed by atoms with van der Waals surface area (Å²) >= 11 is 1.60. The van der Waals surface area contributed by atoms with Gasteiger partial charge in [-0.15, -0.1) is 11.3 Å². The van der Waals surface area contributed by atoms with Gasteiger partial charge < -0.3 is 0 Å². The van der Waals surface area contributed by atoms with Crippen molar-refractivity contribution >= 4 is 21.2 Å². The van der Waals surface area contributed by atoms with Gasteiger partial charge in [0.25, 0.3) is 0 Å². The Labute approximate surface area is 131 Å². The molecule has 1 heterocycles. The van der Waals surface area contributed by atoms with Crippen LogP contribution in [0.25, 0.3) is 10.6 Å². The lowest BCUT2D eigenvalue weighted by Gasteiger charge is -2.07. The first kappa shape index (κ1) is 16.2. The molecule has 2 aromatic rings. The number of aromatic nitrogens is 1. The molecular weight excluding hydrogens is 302 g/mol. The van der Waals surface area contributed by atoms with Crippen LogP contribution in [0, 0.1) is 0 Å². The third kappa shape index (κ3) is 3.35. The minimum Gasteiger partial charge on any atom is -0.240 e. The van der Waals surface area contributed by atoms with Gasteiger partial charge in [-0.05, 0) is 17.9 Å². The standard InChI is InChI=1S/C16H21NO2S2/c1-10(2)14-15(11(3)4)20-16(17-14)12-8-6-7-9-13(12)21(5,18)19/h6-11H,1-5H3. The minimum atomic E-state index is -3.26. The molecule has 0 saturated heterocycles. The van der Waals surface area contributed by atoms with Gasteiger partial charge in [-0.1, -0.05) is 45.9 Å². The Morgan fingerprint density at radius 3 is 2.14 bits per heavy atom. The highest BCUT2D eigenvalue weighted by Crippen LogP contribution is 2.38. The van der Waals surface area contributed by atoms with Crippen LogP contribution in [-0.4, -0.2) is 19.7 Å². The summed E-state index contributed by atoms with van der Waals surface area (Å²) in [6.07, 6.45) is 1.24. The van der Waals surface area contributed by atoms with Crippen LogP contribution in [0.5, 0.6) is 0 Å². The molecule has 21 heavy (non-hydrogen) atoms. The summed E-state index contributed by atoms with van der Waals surface area (Å²) in [4.78, 5) is 6.32. The third-order valence-electron chi connectivity index (χ3n) is 3.27. The number of hydrogen-bond acceptors (Lipinski definition) is 4. The topological polar surface area (TPSA) is 47.0 Å². The molecule has 0 aliphatic heterocycles. The van der Waals surface area contributed by atoms with Crippen molar-refractivity contribution in [3.05, 3.63) is 34.8 Å². The van der Waals surface area contributed by atoms with Gasteiger partial charge >= 0.3 is 0 Å². The zero-order valence-electron chi connectivity index (χ0n) is 13.0. The first-order valence-corrected chi connectivity index (χ1v) is 9.72. The molecule has 0 radical (unpaired) electrons. The van der Waals surface area contributed by atoms with E-state index in [1.54, 1.807) is 23.5 Å². The van der Waals surface area contributed by atoms with E-state index < -0.39 is 9.84 Å². The molecule has 1 aromatic heterocycles. The van der Waals surface area contributed by atoms with Gasteiger partial charge in [-0.3, -0.25) is 0 Å². The second-order valence-corrected chi connectivity index (χ2v) is 8.86. The average molecular weight is 323 g/mol. The lowest BCUT2D eigenvalue weighted by Crippen LogP contribution is -1.99. The molecule has 0 unspecified atom stereocenters. The Hall–Kier alpha value is -1.20. The third-order valence-corrected chi connectivity index (χ3v) is 5.83. The van der Waals surface area contributed by atoms with Crippen LogP contribution >= 0.6 is 11.3 Å². The predicted molar refractivity (Wildman–Crippen MR) is 88.8 cm³/mol. The molecule has 0 bridgehead atoms. The van der Waals surface area contributed by atoms with E-state index in [9.17, 15) is 8.42 Å². The Morgan fingerprint density at radius 1 is 1.05 bits per heavy atom. The lowest BCUT2D eigenvalue weighted by molar-refractivity contribution is 0.602. The van der Waals surface area contributed by atoms with Crippen molar-refractivity contribution in [3.63, 3.8) is 0 Å². The van der Waals surface area contributed by atoms with Gasteiger partial charge in [0.2, 0.25) is 0 Å². The molecule has 5 heteroatoms. The van der Waals surface area contributed by atoms with Crippen molar-refractivity contribution in [2.24, 2.45) is 0 Å². The molecule has 0 N–H and O–H groups in total. The SMILES string of the molecule is CC(C)c1nc(-c2ccccc2S(C)(=O)=O)sc1C(C)C. The molecule has 0 fully saturated rings. The minimum absolute atomic E-state index is 0.331. The van der Waals surface area contributed by atoms with Crippen LogP contribution in [0.3, 0.4) is 0 Å². The van der Waals surface area contributed by atoms with Crippen molar-refractivity contribution < 1.29 is 8.42 Å². The molecule has 114 valence electrons. The molecule has 0 saturated carbocycles. The Bertz CT molecular complexity index is 718. The van der Waals surface area contributed by atoms with E-state index in [0.29, 0.717) is 22.3 Å². The fraction of sp³-hybridized carbons (Fsp3) is 0.438. The van der Waals surface area contributed by atoms with E-state index in [4.69, 9.17) is 4.98 Å². The smallest absolute Gasteiger partial charge is 0.176 e. The summed E-state index contributed by atoms with van der Waals surface area (Å²) in [6.45, 7) is 8.53. The largest absolute Gasteiger partial charge is 0.240 e. The number of benzene rings is 1. The number of hydrogen-bond donors (Lipinski definition) is 0. The average Bonchev–Trinajstić information content (AvgIpc) is 2.83. The van der Waals surface area contributed by atoms with E-state index in [1.165, 1.54) is 11.1 Å². The van der Waals surface area contributed by atoms with Gasteiger partial charge in [0.05, 0.1) is 10.6 Å². The monoisotopic (exact) mass is 323 g/mol. The van der Waals surface area contributed by atoms with E-state index in [1.807, 2.05) is 12.1 Å². The number of sulfone groups is 1. The Morgan fingerprint density at radius 2 is 1.67 bits per heavy atom. The Kier molecular flexibility index (Phi) is 4.54. The molecular formula is C16H21NO2S2. The van der Waals surface area contributed by atoms with Gasteiger partial charge in [0.1, 0.15) is 5.01 Å². The van der Waals surface area contributed by atoms with Crippen LogP contribution in [-0.2, 0) is 9.84 Å². The molecule has 0 amide bonds. The van der Waals surface area contributed by atoms with Crippen LogP contribution in [0.1, 0.15) is 50.1 Å². The second-order valence-electron chi connectivity index (χ2n) is 5.85. The van der Waals surface area contributed by atoms with E-state index in [2.05, 4.69) is 27.7 Å². The molecule has 0 aliphatic carbocycles. The summed E-state index contributed by atoms with van der Waals surface area (Å²) in [5, 5.41) is 0.795. The first-order chi connectivity index (χ1) is 9.71. The second kappa shape index (κ2) is 5.89. The first-order valence-electron chi connectivity index (χ1n) is 7.02. The quantitative estimate of drug-likeness (QED) is 0.834. The number of nitrogens with zero attached hydrogens (tertiary/aromatic N) is 1. The van der Waals surface area contributed by atoms with Gasteiger partial charge in [0, 0.05) is 16.7 Å². The summed E-state index contributed by atoms with van der Waals surface area (Å²) in [6, 6.07) is 7.09. The van der Waals surface area contributed by atoms with Crippen molar-refractivity contribution in [3.8, 4) is 10.6 Å². The van der Waals surface area contributed by atoms with E-state index >= 15 is 0 Å². The normalized spacial score (nSPS) is 12.3. The van der Waals surface area contributed by atoms with Gasteiger partial charge in [-0.25, -0.2) is 13.4 Å². The summed E-state index contributed by atoms with van der Waals surface area (Å²) in [7, 11) is -3.26. The zero-order chi connectivity index (χ0) is 15.8. The molecule has 0 spiro atoms. The van der Waals surface area contributed by atoms with Crippen LogP contribution in [0.15, 0.2) is 29.2 Å². The number of rotatable bonds is 4. The van der Waals surface area contributed by atoms with E-state index in [0.717, 1.165) is 10.7 Å². The van der Waals surface area contributed by atoms with Gasteiger partial charge in [0.15, 0.2) is 9.84 Å². The maximum atomic E-state index is 12.0. The maximum absolute atomic E-state index is 12.0. The maximum Gasteiger partial charge on any atom is 0.176 e. The molecule has 0 atom stereocenters. The summed E-state index contributed by atoms with van der Waals surface area (Å²) < 4.78 is 23.9. The fourth-order valence-electron chi connectivity index (χ4n) is 2.25. The predicted octanol–water partition coefficient (Wildman–Crippen LogP) is 4.46. The van der Waals surface area contributed by atoms with Gasteiger partial charge in [-0.2, -0.15) is 0 Å². The highest BCUT2D eigenvalue weighted by Gasteiger charge is 2.21. The van der Waals surface area contributed by atoms with Crippen LogP contribution < -0.4 is 0 Å².